The fourth-order valence-corrected chi connectivity index (χ4v) is 2.81. The van der Waals surface area contributed by atoms with Crippen molar-refractivity contribution in [1.82, 2.24) is 9.78 Å². The van der Waals surface area contributed by atoms with Crippen molar-refractivity contribution in [2.75, 3.05) is 0 Å². The second-order valence-electron chi connectivity index (χ2n) is 4.05. The number of rotatable bonds is 3. The van der Waals surface area contributed by atoms with Crippen LogP contribution in [0.1, 0.15) is 23.0 Å². The minimum absolute atomic E-state index is 0.0184. The van der Waals surface area contributed by atoms with Crippen molar-refractivity contribution >= 4 is 29.1 Å². The highest BCUT2D eigenvalue weighted by atomic mass is 35.5. The number of aromatic nitrogens is 2. The lowest BCUT2D eigenvalue weighted by Gasteiger charge is -2.05. The molecule has 0 N–H and O–H groups in total. The smallest absolute Gasteiger partial charge is 0.159 e. The highest BCUT2D eigenvalue weighted by molar-refractivity contribution is 7.99. The summed E-state index contributed by atoms with van der Waals surface area (Å²) in [6.45, 7) is 3.48. The lowest BCUT2D eigenvalue weighted by Crippen LogP contribution is -1.94. The van der Waals surface area contributed by atoms with Gasteiger partial charge in [0.15, 0.2) is 5.78 Å². The molecule has 0 bridgehead atoms. The monoisotopic (exact) mass is 280 g/mol. The summed E-state index contributed by atoms with van der Waals surface area (Å²) in [5.41, 5.74) is 1.60. The Kier molecular flexibility index (Phi) is 3.78. The first-order chi connectivity index (χ1) is 8.47. The number of nitrogens with zero attached hydrogens (tertiary/aromatic N) is 2. The Morgan fingerprint density at radius 3 is 2.61 bits per heavy atom. The van der Waals surface area contributed by atoms with Crippen molar-refractivity contribution in [1.29, 1.82) is 0 Å². The third-order valence-corrected chi connectivity index (χ3v) is 4.10. The van der Waals surface area contributed by atoms with Gasteiger partial charge in [-0.25, -0.2) is 0 Å². The van der Waals surface area contributed by atoms with Crippen LogP contribution >= 0.6 is 23.4 Å². The van der Waals surface area contributed by atoms with Crippen LogP contribution in [0.2, 0.25) is 5.02 Å². The number of aryl methyl sites for hydroxylation is 2. The van der Waals surface area contributed by atoms with Crippen molar-refractivity contribution in [3.63, 3.8) is 0 Å². The number of benzene rings is 1. The molecule has 1 aromatic heterocycles. The molecule has 0 aliphatic carbocycles. The molecule has 0 radical (unpaired) electrons. The lowest BCUT2D eigenvalue weighted by molar-refractivity contribution is 0.101. The molecule has 1 heterocycles. The molecule has 2 aromatic rings. The van der Waals surface area contributed by atoms with Gasteiger partial charge in [-0.15, -0.1) is 0 Å². The third kappa shape index (κ3) is 2.76. The van der Waals surface area contributed by atoms with Gasteiger partial charge in [-0.2, -0.15) is 5.10 Å². The number of carbonyl (C=O) groups is 1. The van der Waals surface area contributed by atoms with Crippen LogP contribution in [0.25, 0.3) is 0 Å². The van der Waals surface area contributed by atoms with Crippen LogP contribution in [0.15, 0.2) is 34.2 Å². The molecule has 1 aromatic carbocycles. The van der Waals surface area contributed by atoms with Gasteiger partial charge in [0.2, 0.25) is 0 Å². The summed E-state index contributed by atoms with van der Waals surface area (Å²) in [6, 6.07) is 7.36. The first-order valence-electron chi connectivity index (χ1n) is 5.46. The molecule has 0 unspecified atom stereocenters. The van der Waals surface area contributed by atoms with Gasteiger partial charge in [0.05, 0.1) is 15.7 Å². The largest absolute Gasteiger partial charge is 0.295 e. The van der Waals surface area contributed by atoms with Gasteiger partial charge in [-0.1, -0.05) is 29.4 Å². The van der Waals surface area contributed by atoms with Gasteiger partial charge < -0.3 is 0 Å². The molecule has 18 heavy (non-hydrogen) atoms. The minimum Gasteiger partial charge on any atom is -0.295 e. The van der Waals surface area contributed by atoms with Gasteiger partial charge in [-0.05, 0) is 32.0 Å². The number of Topliss-reactive ketones (excluding diaryl/α,β-unsaturated/α-hetero) is 1. The topological polar surface area (TPSA) is 34.9 Å². The Morgan fingerprint density at radius 1 is 1.39 bits per heavy atom. The number of hydrogen-bond donors (Lipinski definition) is 0. The maximum atomic E-state index is 11.2. The molecule has 0 saturated carbocycles. The van der Waals surface area contributed by atoms with E-state index in [2.05, 4.69) is 5.10 Å². The Morgan fingerprint density at radius 2 is 2.11 bits per heavy atom. The molecule has 0 spiro atoms. The molecule has 0 saturated heterocycles. The van der Waals surface area contributed by atoms with E-state index in [0.717, 1.165) is 15.6 Å². The van der Waals surface area contributed by atoms with Gasteiger partial charge >= 0.3 is 0 Å². The predicted octanol–water partition coefficient (Wildman–Crippen LogP) is 3.74. The summed E-state index contributed by atoms with van der Waals surface area (Å²) in [5.74, 6) is 0.0184. The second kappa shape index (κ2) is 5.16. The van der Waals surface area contributed by atoms with E-state index < -0.39 is 0 Å². The van der Waals surface area contributed by atoms with Crippen molar-refractivity contribution in [3.8, 4) is 0 Å². The SMILES string of the molecule is CC(=O)c1ccc(Sc2cc(C)nn2C)c(Cl)c1. The van der Waals surface area contributed by atoms with Crippen LogP contribution in [-0.4, -0.2) is 15.6 Å². The normalized spacial score (nSPS) is 10.7. The Labute approximate surface area is 115 Å². The van der Waals surface area contributed by atoms with Crippen molar-refractivity contribution < 1.29 is 4.79 Å². The summed E-state index contributed by atoms with van der Waals surface area (Å²) in [6.07, 6.45) is 0. The number of halogens is 1. The summed E-state index contributed by atoms with van der Waals surface area (Å²) >= 11 is 7.72. The van der Waals surface area contributed by atoms with E-state index in [4.69, 9.17) is 11.6 Å². The van der Waals surface area contributed by atoms with Gasteiger partial charge in [-0.3, -0.25) is 9.48 Å². The van der Waals surface area contributed by atoms with Crippen molar-refractivity contribution in [2.45, 2.75) is 23.8 Å². The highest BCUT2D eigenvalue weighted by Gasteiger charge is 2.09. The van der Waals surface area contributed by atoms with E-state index in [-0.39, 0.29) is 5.78 Å². The number of hydrogen-bond acceptors (Lipinski definition) is 3. The van der Waals surface area contributed by atoms with Crippen LogP contribution in [0.5, 0.6) is 0 Å². The maximum absolute atomic E-state index is 11.2. The van der Waals surface area contributed by atoms with E-state index in [1.807, 2.05) is 30.8 Å². The van der Waals surface area contributed by atoms with Gasteiger partial charge in [0.25, 0.3) is 0 Å². The molecule has 3 nitrogen and oxygen atoms in total. The molecule has 0 atom stereocenters. The van der Waals surface area contributed by atoms with Crippen molar-refractivity contribution in [2.24, 2.45) is 7.05 Å². The molecule has 0 aliphatic heterocycles. The summed E-state index contributed by atoms with van der Waals surface area (Å²) in [7, 11) is 1.90. The fraction of sp³-hybridized carbons (Fsp3) is 0.231. The Bertz CT molecular complexity index is 607. The highest BCUT2D eigenvalue weighted by Crippen LogP contribution is 2.33. The zero-order valence-electron chi connectivity index (χ0n) is 10.4. The quantitative estimate of drug-likeness (QED) is 0.804. The molecule has 94 valence electrons. The Balaban J connectivity index is 2.30. The van der Waals surface area contributed by atoms with E-state index in [1.54, 1.807) is 12.1 Å². The first kappa shape index (κ1) is 13.2. The van der Waals surface area contributed by atoms with E-state index in [9.17, 15) is 4.79 Å². The van der Waals surface area contributed by atoms with Gasteiger partial charge in [0.1, 0.15) is 0 Å². The summed E-state index contributed by atoms with van der Waals surface area (Å²) in [5, 5.41) is 5.89. The third-order valence-electron chi connectivity index (χ3n) is 2.51. The molecular formula is C13H13ClN2OS. The van der Waals surface area contributed by atoms with Crippen LogP contribution in [0.4, 0.5) is 0 Å². The Hall–Kier alpha value is -1.26. The zero-order chi connectivity index (χ0) is 13.3. The van der Waals surface area contributed by atoms with Crippen LogP contribution in [-0.2, 0) is 7.05 Å². The van der Waals surface area contributed by atoms with E-state index in [0.29, 0.717) is 10.6 Å². The fourth-order valence-electron chi connectivity index (χ4n) is 1.60. The molecular weight excluding hydrogens is 268 g/mol. The van der Waals surface area contributed by atoms with Crippen molar-refractivity contribution in [3.05, 3.63) is 40.5 Å². The molecule has 0 amide bonds. The maximum Gasteiger partial charge on any atom is 0.159 e. The van der Waals surface area contributed by atoms with Crippen LogP contribution in [0.3, 0.4) is 0 Å². The number of carbonyl (C=O) groups excluding carboxylic acids is 1. The summed E-state index contributed by atoms with van der Waals surface area (Å²) in [4.78, 5) is 12.2. The van der Waals surface area contributed by atoms with E-state index >= 15 is 0 Å². The standard InChI is InChI=1S/C13H13ClN2OS/c1-8-6-13(16(3)15-8)18-12-5-4-10(9(2)17)7-11(12)14/h4-7H,1-3H3. The minimum atomic E-state index is 0.0184. The molecule has 0 aliphatic rings. The second-order valence-corrected chi connectivity index (χ2v) is 5.52. The molecule has 0 fully saturated rings. The lowest BCUT2D eigenvalue weighted by atomic mass is 10.1. The number of ketones is 1. The van der Waals surface area contributed by atoms with Crippen LogP contribution < -0.4 is 0 Å². The molecule has 2 rings (SSSR count). The van der Waals surface area contributed by atoms with E-state index in [1.165, 1.54) is 18.7 Å². The average Bonchev–Trinajstić information content (AvgIpc) is 2.60. The zero-order valence-corrected chi connectivity index (χ0v) is 12.0. The summed E-state index contributed by atoms with van der Waals surface area (Å²) < 4.78 is 1.81. The first-order valence-corrected chi connectivity index (χ1v) is 6.66. The average molecular weight is 281 g/mol. The van der Waals surface area contributed by atoms with Gasteiger partial charge in [0, 0.05) is 17.5 Å². The molecule has 5 heteroatoms. The predicted molar refractivity (Wildman–Crippen MR) is 73.5 cm³/mol. The van der Waals surface area contributed by atoms with Crippen LogP contribution in [0, 0.1) is 6.92 Å².